The molecule has 0 aliphatic rings. The average molecular weight is 324 g/mol. The normalized spacial score (nSPS) is 11.6. The number of nitrogens with one attached hydrogen (secondary N) is 1. The Morgan fingerprint density at radius 1 is 1.04 bits per heavy atom. The van der Waals surface area contributed by atoms with Crippen LogP contribution in [0.2, 0.25) is 0 Å². The quantitative estimate of drug-likeness (QED) is 0.884. The fourth-order valence-electron chi connectivity index (χ4n) is 2.55. The molecule has 2 amide bonds. The van der Waals surface area contributed by atoms with Gasteiger partial charge in [0.05, 0.1) is 6.04 Å². The molecule has 0 spiro atoms. The molecule has 1 N–H and O–H groups in total. The first-order chi connectivity index (χ1) is 11.5. The van der Waals surface area contributed by atoms with Gasteiger partial charge in [-0.1, -0.05) is 49.4 Å². The van der Waals surface area contributed by atoms with Gasteiger partial charge in [-0.05, 0) is 36.6 Å². The van der Waals surface area contributed by atoms with Crippen LogP contribution >= 0.6 is 0 Å². The van der Waals surface area contributed by atoms with Gasteiger partial charge in [-0.15, -0.1) is 0 Å². The minimum Gasteiger partial charge on any atom is -0.348 e. The number of nitrogens with zero attached hydrogens (tertiary/aromatic N) is 1. The van der Waals surface area contributed by atoms with Crippen molar-refractivity contribution in [3.8, 4) is 0 Å². The van der Waals surface area contributed by atoms with Crippen LogP contribution in [0.25, 0.3) is 0 Å². The summed E-state index contributed by atoms with van der Waals surface area (Å²) < 4.78 is 0. The number of carbonyl (C=O) groups excluding carboxylic acids is 2. The Balaban J connectivity index is 2.04. The van der Waals surface area contributed by atoms with Crippen LogP contribution in [-0.4, -0.2) is 18.4 Å². The highest BCUT2D eigenvalue weighted by Crippen LogP contribution is 2.16. The van der Waals surface area contributed by atoms with Gasteiger partial charge in [0.1, 0.15) is 6.54 Å². The number of amides is 2. The second kappa shape index (κ2) is 8.29. The Morgan fingerprint density at radius 2 is 1.67 bits per heavy atom. The zero-order valence-electron chi connectivity index (χ0n) is 14.5. The highest BCUT2D eigenvalue weighted by atomic mass is 16.2. The molecule has 0 radical (unpaired) electrons. The molecule has 0 aliphatic heterocycles. The van der Waals surface area contributed by atoms with E-state index in [4.69, 9.17) is 0 Å². The molecule has 4 nitrogen and oxygen atoms in total. The first-order valence-corrected chi connectivity index (χ1v) is 8.22. The molecule has 2 rings (SSSR count). The molecule has 1 atom stereocenters. The first kappa shape index (κ1) is 17.7. The van der Waals surface area contributed by atoms with Gasteiger partial charge in [0.25, 0.3) is 0 Å². The van der Waals surface area contributed by atoms with Crippen LogP contribution in [0.5, 0.6) is 0 Å². The van der Waals surface area contributed by atoms with E-state index in [2.05, 4.69) is 12.2 Å². The fourth-order valence-corrected chi connectivity index (χ4v) is 2.55. The molecule has 1 unspecified atom stereocenters. The molecule has 0 saturated heterocycles. The smallest absolute Gasteiger partial charge is 0.240 e. The molecule has 0 heterocycles. The molecular weight excluding hydrogens is 300 g/mol. The van der Waals surface area contributed by atoms with Gasteiger partial charge in [0.2, 0.25) is 11.8 Å². The second-order valence-electron chi connectivity index (χ2n) is 5.83. The van der Waals surface area contributed by atoms with Crippen LogP contribution in [0.3, 0.4) is 0 Å². The van der Waals surface area contributed by atoms with E-state index in [0.29, 0.717) is 0 Å². The van der Waals surface area contributed by atoms with Crippen molar-refractivity contribution < 1.29 is 9.59 Å². The summed E-state index contributed by atoms with van der Waals surface area (Å²) in [7, 11) is 0. The number of rotatable bonds is 6. The largest absolute Gasteiger partial charge is 0.348 e. The third-order valence-corrected chi connectivity index (χ3v) is 4.02. The van der Waals surface area contributed by atoms with E-state index in [1.807, 2.05) is 61.5 Å². The summed E-state index contributed by atoms with van der Waals surface area (Å²) in [6.45, 7) is 5.50. The predicted molar refractivity (Wildman–Crippen MR) is 96.8 cm³/mol. The highest BCUT2D eigenvalue weighted by Gasteiger charge is 2.17. The maximum absolute atomic E-state index is 12.3. The summed E-state index contributed by atoms with van der Waals surface area (Å²) in [5.41, 5.74) is 2.97. The van der Waals surface area contributed by atoms with Crippen molar-refractivity contribution in [2.75, 3.05) is 11.4 Å². The minimum atomic E-state index is -0.180. The summed E-state index contributed by atoms with van der Waals surface area (Å²) >= 11 is 0. The monoisotopic (exact) mass is 324 g/mol. The van der Waals surface area contributed by atoms with E-state index in [-0.39, 0.29) is 24.4 Å². The molecule has 0 aliphatic carbocycles. The number of anilines is 1. The maximum Gasteiger partial charge on any atom is 0.240 e. The third-order valence-electron chi connectivity index (χ3n) is 4.02. The van der Waals surface area contributed by atoms with E-state index in [1.54, 1.807) is 0 Å². The summed E-state index contributed by atoms with van der Waals surface area (Å²) in [6.07, 6.45) is 0.940. The predicted octanol–water partition coefficient (Wildman–Crippen LogP) is 3.48. The Bertz CT molecular complexity index is 681. The maximum atomic E-state index is 12.3. The third kappa shape index (κ3) is 4.69. The second-order valence-corrected chi connectivity index (χ2v) is 5.83. The molecular formula is C20H24N2O2. The highest BCUT2D eigenvalue weighted by molar-refractivity contribution is 5.97. The van der Waals surface area contributed by atoms with Crippen molar-refractivity contribution in [2.24, 2.45) is 0 Å². The summed E-state index contributed by atoms with van der Waals surface area (Å²) in [6, 6.07) is 17.4. The van der Waals surface area contributed by atoms with Crippen molar-refractivity contribution in [3.63, 3.8) is 0 Å². The lowest BCUT2D eigenvalue weighted by Crippen LogP contribution is -2.40. The van der Waals surface area contributed by atoms with Crippen molar-refractivity contribution in [1.29, 1.82) is 0 Å². The standard InChI is InChI=1S/C20H24N2O2/c1-4-17-10-12-19(13-11-17)22(16(3)23)14-20(24)21-15(2)18-8-6-5-7-9-18/h5-13,15H,4,14H2,1-3H3,(H,21,24). The Kier molecular flexibility index (Phi) is 6.13. The van der Waals surface area contributed by atoms with E-state index >= 15 is 0 Å². The molecule has 0 bridgehead atoms. The fraction of sp³-hybridized carbons (Fsp3) is 0.300. The van der Waals surface area contributed by atoms with Crippen LogP contribution in [0, 0.1) is 0 Å². The van der Waals surface area contributed by atoms with Gasteiger partial charge in [-0.3, -0.25) is 9.59 Å². The summed E-state index contributed by atoms with van der Waals surface area (Å²) in [5, 5.41) is 2.94. The van der Waals surface area contributed by atoms with E-state index < -0.39 is 0 Å². The van der Waals surface area contributed by atoms with E-state index in [9.17, 15) is 9.59 Å². The lowest BCUT2D eigenvalue weighted by molar-refractivity contribution is -0.123. The molecule has 2 aromatic rings. The van der Waals surface area contributed by atoms with Crippen LogP contribution < -0.4 is 10.2 Å². The van der Waals surface area contributed by atoms with Gasteiger partial charge in [0.15, 0.2) is 0 Å². The van der Waals surface area contributed by atoms with Crippen LogP contribution in [0.15, 0.2) is 54.6 Å². The molecule has 0 saturated carbocycles. The van der Waals surface area contributed by atoms with E-state index in [0.717, 1.165) is 17.7 Å². The van der Waals surface area contributed by atoms with Gasteiger partial charge in [-0.2, -0.15) is 0 Å². The number of hydrogen-bond donors (Lipinski definition) is 1. The molecule has 2 aromatic carbocycles. The van der Waals surface area contributed by atoms with Crippen molar-refractivity contribution in [2.45, 2.75) is 33.2 Å². The minimum absolute atomic E-state index is 0.0119. The Hall–Kier alpha value is -2.62. The van der Waals surface area contributed by atoms with Gasteiger partial charge < -0.3 is 10.2 Å². The van der Waals surface area contributed by atoms with Crippen LogP contribution in [0.1, 0.15) is 37.9 Å². The van der Waals surface area contributed by atoms with Crippen LogP contribution in [0.4, 0.5) is 5.69 Å². The average Bonchev–Trinajstić information content (AvgIpc) is 2.60. The molecule has 24 heavy (non-hydrogen) atoms. The number of aryl methyl sites for hydroxylation is 1. The molecule has 0 aromatic heterocycles. The molecule has 0 fully saturated rings. The Morgan fingerprint density at radius 3 is 2.21 bits per heavy atom. The lowest BCUT2D eigenvalue weighted by atomic mass is 10.1. The zero-order valence-corrected chi connectivity index (χ0v) is 14.5. The zero-order chi connectivity index (χ0) is 17.5. The lowest BCUT2D eigenvalue weighted by Gasteiger charge is -2.22. The number of carbonyl (C=O) groups is 2. The summed E-state index contributed by atoms with van der Waals surface area (Å²) in [4.78, 5) is 25.8. The van der Waals surface area contributed by atoms with Crippen LogP contribution in [-0.2, 0) is 16.0 Å². The first-order valence-electron chi connectivity index (χ1n) is 8.22. The topological polar surface area (TPSA) is 49.4 Å². The SMILES string of the molecule is CCc1ccc(N(CC(=O)NC(C)c2ccccc2)C(C)=O)cc1. The van der Waals surface area contributed by atoms with Crippen molar-refractivity contribution >= 4 is 17.5 Å². The molecule has 126 valence electrons. The molecule has 4 heteroatoms. The van der Waals surface area contributed by atoms with Gasteiger partial charge in [0, 0.05) is 12.6 Å². The van der Waals surface area contributed by atoms with E-state index in [1.165, 1.54) is 17.4 Å². The Labute approximate surface area is 143 Å². The van der Waals surface area contributed by atoms with Crippen molar-refractivity contribution in [3.05, 3.63) is 65.7 Å². The van der Waals surface area contributed by atoms with Crippen molar-refractivity contribution in [1.82, 2.24) is 5.32 Å². The van der Waals surface area contributed by atoms with Gasteiger partial charge >= 0.3 is 0 Å². The number of hydrogen-bond acceptors (Lipinski definition) is 2. The number of benzene rings is 2. The summed E-state index contributed by atoms with van der Waals surface area (Å²) in [5.74, 6) is -0.331. The van der Waals surface area contributed by atoms with Gasteiger partial charge in [-0.25, -0.2) is 0 Å².